The molecule has 108 valence electrons. The maximum absolute atomic E-state index is 11.0. The van der Waals surface area contributed by atoms with Gasteiger partial charge in [0.2, 0.25) is 11.5 Å². The highest BCUT2D eigenvalue weighted by molar-refractivity contribution is 7.10. The number of anilines is 1. The summed E-state index contributed by atoms with van der Waals surface area (Å²) in [6.45, 7) is 0. The van der Waals surface area contributed by atoms with Crippen LogP contribution in [0.4, 0.5) is 5.13 Å². The van der Waals surface area contributed by atoms with Gasteiger partial charge < -0.3 is 10.2 Å². The number of oxime groups is 1. The lowest BCUT2D eigenvalue weighted by Crippen LogP contribution is -2.12. The van der Waals surface area contributed by atoms with Gasteiger partial charge in [0, 0.05) is 11.5 Å². The van der Waals surface area contributed by atoms with E-state index in [2.05, 4.69) is 19.8 Å². The first kappa shape index (κ1) is 14.6. The van der Waals surface area contributed by atoms with Crippen LogP contribution in [0.15, 0.2) is 5.16 Å². The summed E-state index contributed by atoms with van der Waals surface area (Å²) in [4.78, 5) is 30.7. The van der Waals surface area contributed by atoms with Crippen LogP contribution in [0.25, 0.3) is 0 Å². The molecule has 1 fully saturated rings. The molecule has 0 unspecified atom stereocenters. The van der Waals surface area contributed by atoms with Crippen LogP contribution in [0, 0.1) is 0 Å². The van der Waals surface area contributed by atoms with E-state index >= 15 is 0 Å². The van der Waals surface area contributed by atoms with Crippen molar-refractivity contribution < 1.29 is 14.4 Å². The van der Waals surface area contributed by atoms with E-state index in [9.17, 15) is 9.59 Å². The Balaban J connectivity index is 2.00. The summed E-state index contributed by atoms with van der Waals surface area (Å²) in [7, 11) is 0. The number of aldehydes is 1. The van der Waals surface area contributed by atoms with Gasteiger partial charge in [0.15, 0.2) is 17.8 Å². The van der Waals surface area contributed by atoms with E-state index in [1.54, 1.807) is 0 Å². The van der Waals surface area contributed by atoms with Crippen LogP contribution in [0.1, 0.15) is 44.3 Å². The summed E-state index contributed by atoms with van der Waals surface area (Å²) in [6.07, 6.45) is 7.72. The first-order chi connectivity index (χ1) is 9.83. The fourth-order valence-electron chi connectivity index (χ4n) is 2.03. The zero-order chi connectivity index (χ0) is 14.2. The van der Waals surface area contributed by atoms with Gasteiger partial charge in [0.25, 0.3) is 0 Å². The SMILES string of the molecule is O=CNc1nc(/C(C=O)=N/OC2CCCCCC2)ns1. The van der Waals surface area contributed by atoms with Gasteiger partial charge >= 0.3 is 0 Å². The van der Waals surface area contributed by atoms with Crippen molar-refractivity contribution in [3.05, 3.63) is 5.82 Å². The van der Waals surface area contributed by atoms with Crippen molar-refractivity contribution in [2.45, 2.75) is 44.6 Å². The van der Waals surface area contributed by atoms with E-state index in [1.165, 1.54) is 12.8 Å². The number of carbonyl (C=O) groups excluding carboxylic acids is 2. The summed E-state index contributed by atoms with van der Waals surface area (Å²) < 4.78 is 3.96. The lowest BCUT2D eigenvalue weighted by atomic mass is 10.2. The molecule has 0 bridgehead atoms. The van der Waals surface area contributed by atoms with Crippen molar-refractivity contribution in [2.24, 2.45) is 5.16 Å². The van der Waals surface area contributed by atoms with Crippen molar-refractivity contribution >= 4 is 35.1 Å². The van der Waals surface area contributed by atoms with Crippen LogP contribution in [-0.4, -0.2) is 33.9 Å². The number of carbonyl (C=O) groups is 2. The van der Waals surface area contributed by atoms with E-state index in [1.807, 2.05) is 0 Å². The molecular weight excluding hydrogens is 280 g/mol. The van der Waals surface area contributed by atoms with Gasteiger partial charge in [-0.05, 0) is 25.7 Å². The van der Waals surface area contributed by atoms with E-state index in [-0.39, 0.29) is 17.6 Å². The second kappa shape index (κ2) is 7.68. The van der Waals surface area contributed by atoms with Crippen LogP contribution in [-0.2, 0) is 14.4 Å². The minimum Gasteiger partial charge on any atom is -0.392 e. The van der Waals surface area contributed by atoms with Crippen molar-refractivity contribution in [3.8, 4) is 0 Å². The smallest absolute Gasteiger partial charge is 0.213 e. The third kappa shape index (κ3) is 4.09. The highest BCUT2D eigenvalue weighted by Crippen LogP contribution is 2.20. The highest BCUT2D eigenvalue weighted by atomic mass is 32.1. The minimum absolute atomic E-state index is 0.0458. The normalized spacial score (nSPS) is 17.3. The van der Waals surface area contributed by atoms with Gasteiger partial charge in [0.05, 0.1) is 0 Å². The molecule has 0 radical (unpaired) electrons. The second-order valence-corrected chi connectivity index (χ2v) is 5.25. The number of rotatable bonds is 6. The fourth-order valence-corrected chi connectivity index (χ4v) is 2.57. The zero-order valence-electron chi connectivity index (χ0n) is 10.9. The van der Waals surface area contributed by atoms with Crippen molar-refractivity contribution in [1.29, 1.82) is 0 Å². The lowest BCUT2D eigenvalue weighted by molar-refractivity contribution is -0.105. The van der Waals surface area contributed by atoms with Crippen LogP contribution in [0.2, 0.25) is 0 Å². The van der Waals surface area contributed by atoms with Gasteiger partial charge in [-0.15, -0.1) is 0 Å². The number of hydrogen-bond donors (Lipinski definition) is 1. The molecule has 0 saturated heterocycles. The molecule has 1 N–H and O–H groups in total. The molecule has 0 aromatic carbocycles. The number of nitrogens with one attached hydrogen (secondary N) is 1. The average Bonchev–Trinajstić information content (AvgIpc) is 2.75. The van der Waals surface area contributed by atoms with Crippen molar-refractivity contribution in [2.75, 3.05) is 5.32 Å². The van der Waals surface area contributed by atoms with Crippen LogP contribution in [0.5, 0.6) is 0 Å². The number of hydrogen-bond acceptors (Lipinski definition) is 7. The van der Waals surface area contributed by atoms with E-state index < -0.39 is 0 Å². The molecule has 0 aliphatic heterocycles. The topological polar surface area (TPSA) is 93.5 Å². The molecular formula is C12H16N4O3S. The third-order valence-electron chi connectivity index (χ3n) is 3.05. The molecule has 1 amide bonds. The Labute approximate surface area is 120 Å². The van der Waals surface area contributed by atoms with Crippen LogP contribution < -0.4 is 5.32 Å². The van der Waals surface area contributed by atoms with Crippen molar-refractivity contribution in [3.63, 3.8) is 0 Å². The summed E-state index contributed by atoms with van der Waals surface area (Å²) in [6, 6.07) is 0. The summed E-state index contributed by atoms with van der Waals surface area (Å²) in [5, 5.41) is 6.56. The van der Waals surface area contributed by atoms with E-state index in [0.29, 0.717) is 17.8 Å². The molecule has 2 rings (SSSR count). The summed E-state index contributed by atoms with van der Waals surface area (Å²) in [5.74, 6) is 0.169. The lowest BCUT2D eigenvalue weighted by Gasteiger charge is -2.11. The first-order valence-corrected chi connectivity index (χ1v) is 7.34. The molecule has 1 aromatic rings. The predicted octanol–water partition coefficient (Wildman–Crippen LogP) is 1.75. The molecule has 1 aliphatic rings. The second-order valence-electron chi connectivity index (χ2n) is 4.50. The number of aromatic nitrogens is 2. The van der Waals surface area contributed by atoms with Crippen LogP contribution >= 0.6 is 11.5 Å². The van der Waals surface area contributed by atoms with Gasteiger partial charge in [0.1, 0.15) is 6.10 Å². The minimum atomic E-state index is 0.0458. The molecule has 0 atom stereocenters. The Morgan fingerprint density at radius 2 is 2.05 bits per heavy atom. The molecule has 1 saturated carbocycles. The Morgan fingerprint density at radius 1 is 1.30 bits per heavy atom. The summed E-state index contributed by atoms with van der Waals surface area (Å²) >= 11 is 0.984. The molecule has 20 heavy (non-hydrogen) atoms. The zero-order valence-corrected chi connectivity index (χ0v) is 11.8. The summed E-state index contributed by atoms with van der Waals surface area (Å²) in [5.41, 5.74) is 0.0458. The third-order valence-corrected chi connectivity index (χ3v) is 3.70. The first-order valence-electron chi connectivity index (χ1n) is 6.56. The largest absolute Gasteiger partial charge is 0.392 e. The van der Waals surface area contributed by atoms with E-state index in [0.717, 1.165) is 37.2 Å². The number of nitrogens with zero attached hydrogens (tertiary/aromatic N) is 3. The fraction of sp³-hybridized carbons (Fsp3) is 0.583. The quantitative estimate of drug-likeness (QED) is 0.373. The number of amides is 1. The average molecular weight is 296 g/mol. The van der Waals surface area contributed by atoms with Gasteiger partial charge in [-0.3, -0.25) is 9.59 Å². The molecule has 7 nitrogen and oxygen atoms in total. The molecule has 1 heterocycles. The Hall–Kier alpha value is -1.83. The van der Waals surface area contributed by atoms with Crippen molar-refractivity contribution in [1.82, 2.24) is 9.36 Å². The molecule has 1 aromatic heterocycles. The maximum Gasteiger partial charge on any atom is 0.213 e. The van der Waals surface area contributed by atoms with Gasteiger partial charge in [-0.2, -0.15) is 9.36 Å². The molecule has 8 heteroatoms. The van der Waals surface area contributed by atoms with Gasteiger partial charge in [-0.25, -0.2) is 0 Å². The predicted molar refractivity (Wildman–Crippen MR) is 74.8 cm³/mol. The highest BCUT2D eigenvalue weighted by Gasteiger charge is 2.15. The Kier molecular flexibility index (Phi) is 5.60. The van der Waals surface area contributed by atoms with Gasteiger partial charge in [-0.1, -0.05) is 18.0 Å². The molecule has 1 aliphatic carbocycles. The van der Waals surface area contributed by atoms with E-state index in [4.69, 9.17) is 4.84 Å². The monoisotopic (exact) mass is 296 g/mol. The standard InChI is InChI=1S/C12H16N4O3S/c17-7-10(11-14-12(13-8-18)20-16-11)15-19-9-5-3-1-2-4-6-9/h7-9H,1-6H2,(H,13,14,16,18)/b15-10+. The maximum atomic E-state index is 11.0. The molecule has 0 spiro atoms. The Bertz CT molecular complexity index is 481. The van der Waals surface area contributed by atoms with Crippen LogP contribution in [0.3, 0.4) is 0 Å². The Morgan fingerprint density at radius 3 is 2.70 bits per heavy atom.